The summed E-state index contributed by atoms with van der Waals surface area (Å²) in [7, 11) is 0. The number of benzene rings is 2. The molecule has 0 fully saturated rings. The predicted octanol–water partition coefficient (Wildman–Crippen LogP) is 4.80. The second-order valence-electron chi connectivity index (χ2n) is 7.44. The molecule has 0 saturated carbocycles. The summed E-state index contributed by atoms with van der Waals surface area (Å²) in [4.78, 5) is 13.5. The summed E-state index contributed by atoms with van der Waals surface area (Å²) < 4.78 is 68.9. The topological polar surface area (TPSA) is 38.1 Å². The number of nitrogens with zero attached hydrogens (tertiary/aromatic N) is 3. The van der Waals surface area contributed by atoms with Crippen LogP contribution in [0.15, 0.2) is 42.5 Å². The van der Waals surface area contributed by atoms with Gasteiger partial charge in [0.05, 0.1) is 17.8 Å². The molecule has 1 aromatic heterocycles. The van der Waals surface area contributed by atoms with E-state index in [-0.39, 0.29) is 30.1 Å². The number of halogens is 5. The van der Waals surface area contributed by atoms with Crippen LogP contribution < -0.4 is 0 Å². The zero-order chi connectivity index (χ0) is 22.3. The lowest BCUT2D eigenvalue weighted by molar-refractivity contribution is -0.137. The van der Waals surface area contributed by atoms with E-state index < -0.39 is 23.4 Å². The molecule has 0 unspecified atom stereocenters. The predicted molar refractivity (Wildman–Crippen MR) is 103 cm³/mol. The number of carbonyl (C=O) groups is 1. The summed E-state index contributed by atoms with van der Waals surface area (Å²) >= 11 is 0. The van der Waals surface area contributed by atoms with Crippen molar-refractivity contribution in [1.29, 1.82) is 0 Å². The molecule has 1 aliphatic rings. The molecule has 162 valence electrons. The molecule has 9 heteroatoms. The Morgan fingerprint density at radius 2 is 1.90 bits per heavy atom. The van der Waals surface area contributed by atoms with Gasteiger partial charge in [0.15, 0.2) is 0 Å². The molecule has 0 spiro atoms. The Morgan fingerprint density at radius 1 is 1.13 bits per heavy atom. The summed E-state index contributed by atoms with van der Waals surface area (Å²) in [6, 6.07) is 7.87. The molecule has 0 atom stereocenters. The number of alkyl halides is 3. The van der Waals surface area contributed by atoms with Crippen LogP contribution in [0.2, 0.25) is 0 Å². The Kier molecular flexibility index (Phi) is 5.28. The van der Waals surface area contributed by atoms with Crippen molar-refractivity contribution in [2.24, 2.45) is 0 Å². The van der Waals surface area contributed by atoms with E-state index >= 15 is 0 Å². The van der Waals surface area contributed by atoms with Crippen LogP contribution in [0.4, 0.5) is 22.0 Å². The zero-order valence-electron chi connectivity index (χ0n) is 16.5. The molecule has 0 aliphatic carbocycles. The van der Waals surface area contributed by atoms with E-state index in [2.05, 4.69) is 5.10 Å². The third-order valence-corrected chi connectivity index (χ3v) is 5.37. The van der Waals surface area contributed by atoms with E-state index in [1.807, 2.05) is 0 Å². The smallest absolute Gasteiger partial charge is 0.338 e. The first-order valence-electron chi connectivity index (χ1n) is 9.59. The molecule has 4 nitrogen and oxygen atoms in total. The summed E-state index contributed by atoms with van der Waals surface area (Å²) in [5.74, 6) is -1.37. The second-order valence-corrected chi connectivity index (χ2v) is 7.44. The van der Waals surface area contributed by atoms with Gasteiger partial charge >= 0.3 is 6.18 Å². The Bertz CT molecular complexity index is 1150. The lowest BCUT2D eigenvalue weighted by Gasteiger charge is -2.27. The SMILES string of the molecule is CC(=O)N1CCc2c(c(-c3cccc(C(F)(F)F)c3)nn2Cc2cc(F)ccc2F)C1. The van der Waals surface area contributed by atoms with Crippen molar-refractivity contribution >= 4 is 5.91 Å². The van der Waals surface area contributed by atoms with Gasteiger partial charge < -0.3 is 4.90 Å². The highest BCUT2D eigenvalue weighted by atomic mass is 19.4. The van der Waals surface area contributed by atoms with Crippen molar-refractivity contribution in [3.63, 3.8) is 0 Å². The standard InChI is InChI=1S/C22H18F5N3O/c1-13(31)29-8-7-20-18(12-29)21(14-3-2-4-16(9-14)22(25,26)27)28-30(20)11-15-10-17(23)5-6-19(15)24/h2-6,9-10H,7-8,11-12H2,1H3. The van der Waals surface area contributed by atoms with E-state index in [1.165, 1.54) is 23.7 Å². The number of fused-ring (bicyclic) bond motifs is 1. The largest absolute Gasteiger partial charge is 0.416 e. The fourth-order valence-corrected chi connectivity index (χ4v) is 3.79. The first-order valence-corrected chi connectivity index (χ1v) is 9.59. The second kappa shape index (κ2) is 7.79. The van der Waals surface area contributed by atoms with Crippen LogP contribution in [0.3, 0.4) is 0 Å². The minimum absolute atomic E-state index is 0.0784. The van der Waals surface area contributed by atoms with Gasteiger partial charge in [0, 0.05) is 48.8 Å². The molecule has 4 rings (SSSR count). The number of carbonyl (C=O) groups excluding carboxylic acids is 1. The Labute approximate surface area is 174 Å². The van der Waals surface area contributed by atoms with Crippen molar-refractivity contribution < 1.29 is 26.7 Å². The molecule has 0 radical (unpaired) electrons. The van der Waals surface area contributed by atoms with Gasteiger partial charge in [-0.15, -0.1) is 0 Å². The quantitative estimate of drug-likeness (QED) is 0.555. The van der Waals surface area contributed by atoms with Crippen molar-refractivity contribution in [3.05, 3.63) is 76.5 Å². The van der Waals surface area contributed by atoms with Crippen molar-refractivity contribution in [2.45, 2.75) is 32.6 Å². The van der Waals surface area contributed by atoms with E-state index in [1.54, 1.807) is 4.90 Å². The van der Waals surface area contributed by atoms with Crippen LogP contribution >= 0.6 is 0 Å². The Hall–Kier alpha value is -3.23. The molecular formula is C22H18F5N3O. The van der Waals surface area contributed by atoms with Crippen molar-refractivity contribution in [1.82, 2.24) is 14.7 Å². The minimum Gasteiger partial charge on any atom is -0.338 e. The summed E-state index contributed by atoms with van der Waals surface area (Å²) in [6.45, 7) is 1.93. The van der Waals surface area contributed by atoms with E-state index in [0.717, 1.165) is 30.3 Å². The van der Waals surface area contributed by atoms with Gasteiger partial charge in [-0.05, 0) is 30.3 Å². The number of hydrogen-bond donors (Lipinski definition) is 0. The fourth-order valence-electron chi connectivity index (χ4n) is 3.79. The molecule has 1 aliphatic heterocycles. The van der Waals surface area contributed by atoms with Crippen molar-refractivity contribution in [3.8, 4) is 11.3 Å². The van der Waals surface area contributed by atoms with Crippen LogP contribution in [-0.2, 0) is 30.5 Å². The van der Waals surface area contributed by atoms with Crippen LogP contribution in [0.25, 0.3) is 11.3 Å². The molecule has 1 amide bonds. The molecule has 3 aromatic rings. The lowest BCUT2D eigenvalue weighted by Crippen LogP contribution is -2.34. The third-order valence-electron chi connectivity index (χ3n) is 5.37. The molecule has 0 bridgehead atoms. The van der Waals surface area contributed by atoms with Crippen LogP contribution in [-0.4, -0.2) is 27.1 Å². The first-order chi connectivity index (χ1) is 14.6. The van der Waals surface area contributed by atoms with E-state index in [0.29, 0.717) is 29.9 Å². The third kappa shape index (κ3) is 4.17. The van der Waals surface area contributed by atoms with Gasteiger partial charge in [-0.3, -0.25) is 9.48 Å². The molecule has 0 saturated heterocycles. The summed E-state index contributed by atoms with van der Waals surface area (Å²) in [6.07, 6.45) is -4.12. The van der Waals surface area contributed by atoms with E-state index in [9.17, 15) is 26.7 Å². The molecule has 2 aromatic carbocycles. The number of rotatable bonds is 3. The van der Waals surface area contributed by atoms with Crippen LogP contribution in [0.5, 0.6) is 0 Å². The minimum atomic E-state index is -4.52. The summed E-state index contributed by atoms with van der Waals surface area (Å²) in [5, 5.41) is 4.47. The molecule has 31 heavy (non-hydrogen) atoms. The normalized spacial score (nSPS) is 13.9. The highest BCUT2D eigenvalue weighted by Crippen LogP contribution is 2.35. The maximum absolute atomic E-state index is 14.2. The van der Waals surface area contributed by atoms with Gasteiger partial charge in [-0.1, -0.05) is 12.1 Å². The summed E-state index contributed by atoms with van der Waals surface area (Å²) in [5.41, 5.74) is 1.10. The van der Waals surface area contributed by atoms with Gasteiger partial charge in [-0.25, -0.2) is 8.78 Å². The maximum atomic E-state index is 14.2. The van der Waals surface area contributed by atoms with E-state index in [4.69, 9.17) is 0 Å². The Morgan fingerprint density at radius 3 is 2.61 bits per heavy atom. The highest BCUT2D eigenvalue weighted by molar-refractivity contribution is 5.74. The monoisotopic (exact) mass is 435 g/mol. The molecular weight excluding hydrogens is 417 g/mol. The highest BCUT2D eigenvalue weighted by Gasteiger charge is 2.32. The van der Waals surface area contributed by atoms with Gasteiger partial charge in [0.1, 0.15) is 11.6 Å². The average Bonchev–Trinajstić information content (AvgIpc) is 3.08. The number of hydrogen-bond acceptors (Lipinski definition) is 2. The van der Waals surface area contributed by atoms with Gasteiger partial charge in [0.2, 0.25) is 5.91 Å². The number of amides is 1. The lowest BCUT2D eigenvalue weighted by atomic mass is 9.99. The van der Waals surface area contributed by atoms with Crippen molar-refractivity contribution in [2.75, 3.05) is 6.54 Å². The Balaban J connectivity index is 1.82. The average molecular weight is 435 g/mol. The maximum Gasteiger partial charge on any atom is 0.416 e. The fraction of sp³-hybridized carbons (Fsp3) is 0.273. The van der Waals surface area contributed by atoms with Crippen LogP contribution in [0.1, 0.15) is 29.3 Å². The molecule has 2 heterocycles. The molecule has 0 N–H and O–H groups in total. The van der Waals surface area contributed by atoms with Crippen LogP contribution in [0, 0.1) is 11.6 Å². The zero-order valence-corrected chi connectivity index (χ0v) is 16.5. The van der Waals surface area contributed by atoms with Gasteiger partial charge in [-0.2, -0.15) is 18.3 Å². The van der Waals surface area contributed by atoms with Gasteiger partial charge in [0.25, 0.3) is 0 Å². The first kappa shape index (κ1) is 21.0. The number of aromatic nitrogens is 2.